The molecule has 1 aromatic carbocycles. The topological polar surface area (TPSA) is 63.3 Å². The average Bonchev–Trinajstić information content (AvgIpc) is 2.70. The van der Waals surface area contributed by atoms with E-state index in [2.05, 4.69) is 9.68 Å². The van der Waals surface area contributed by atoms with Gasteiger partial charge in [-0.25, -0.2) is 4.79 Å². The Balaban J connectivity index is 2.14. The molecule has 2 aromatic rings. The highest BCUT2D eigenvalue weighted by atomic mass is 35.5. The molecule has 2 rings (SSSR count). The highest BCUT2D eigenvalue weighted by Crippen LogP contribution is 2.13. The van der Waals surface area contributed by atoms with Crippen LogP contribution in [0.15, 0.2) is 34.9 Å². The van der Waals surface area contributed by atoms with Gasteiger partial charge in [-0.05, 0) is 17.7 Å². The van der Waals surface area contributed by atoms with E-state index in [1.54, 1.807) is 12.1 Å². The molecule has 0 radical (unpaired) electrons. The van der Waals surface area contributed by atoms with E-state index >= 15 is 0 Å². The fraction of sp³-hybridized carbons (Fsp3) is 0.0909. The molecule has 0 aliphatic rings. The monoisotopic (exact) mass is 237 g/mol. The third-order valence-corrected chi connectivity index (χ3v) is 2.32. The number of aromatic carboxylic acids is 1. The third-order valence-electron chi connectivity index (χ3n) is 2.07. The lowest BCUT2D eigenvalue weighted by molar-refractivity contribution is 0.0652. The minimum absolute atomic E-state index is 0.149. The molecule has 0 aliphatic carbocycles. The van der Waals surface area contributed by atoms with Crippen LogP contribution in [0.1, 0.15) is 21.8 Å². The first-order valence-electron chi connectivity index (χ1n) is 4.58. The number of aromatic nitrogens is 1. The molecule has 0 saturated heterocycles. The van der Waals surface area contributed by atoms with Gasteiger partial charge in [-0.3, -0.25) is 0 Å². The molecular formula is C11H8ClNO3. The second kappa shape index (κ2) is 4.37. The van der Waals surface area contributed by atoms with Gasteiger partial charge in [0, 0.05) is 17.5 Å². The van der Waals surface area contributed by atoms with Crippen molar-refractivity contribution in [2.24, 2.45) is 0 Å². The van der Waals surface area contributed by atoms with Gasteiger partial charge < -0.3 is 9.63 Å². The molecule has 5 heteroatoms. The van der Waals surface area contributed by atoms with E-state index in [1.807, 2.05) is 12.1 Å². The highest BCUT2D eigenvalue weighted by Gasteiger charge is 2.10. The van der Waals surface area contributed by atoms with E-state index in [1.165, 1.54) is 6.07 Å². The third kappa shape index (κ3) is 2.41. The number of nitrogens with zero attached hydrogens (tertiary/aromatic N) is 1. The number of benzene rings is 1. The van der Waals surface area contributed by atoms with Gasteiger partial charge >= 0.3 is 5.97 Å². The van der Waals surface area contributed by atoms with Crippen LogP contribution in [0.25, 0.3) is 0 Å². The number of halogens is 1. The maximum atomic E-state index is 10.6. The van der Waals surface area contributed by atoms with Crippen LogP contribution in [0.3, 0.4) is 0 Å². The number of hydrogen-bond acceptors (Lipinski definition) is 3. The molecular weight excluding hydrogens is 230 g/mol. The van der Waals surface area contributed by atoms with Crippen LogP contribution >= 0.6 is 11.6 Å². The Morgan fingerprint density at radius 3 is 2.62 bits per heavy atom. The van der Waals surface area contributed by atoms with Crippen LogP contribution in [0.2, 0.25) is 5.02 Å². The highest BCUT2D eigenvalue weighted by molar-refractivity contribution is 6.30. The zero-order chi connectivity index (χ0) is 11.5. The first kappa shape index (κ1) is 10.7. The Bertz CT molecular complexity index is 504. The van der Waals surface area contributed by atoms with Gasteiger partial charge in [-0.1, -0.05) is 28.9 Å². The Kier molecular flexibility index (Phi) is 2.92. The molecule has 0 atom stereocenters. The lowest BCUT2D eigenvalue weighted by Crippen LogP contribution is -1.92. The van der Waals surface area contributed by atoms with Crippen molar-refractivity contribution in [3.63, 3.8) is 0 Å². The molecule has 1 aromatic heterocycles. The van der Waals surface area contributed by atoms with Crippen molar-refractivity contribution in [2.75, 3.05) is 0 Å². The van der Waals surface area contributed by atoms with E-state index < -0.39 is 5.97 Å². The minimum Gasteiger partial charge on any atom is -0.475 e. The first-order valence-corrected chi connectivity index (χ1v) is 4.96. The number of rotatable bonds is 3. The van der Waals surface area contributed by atoms with Crippen LogP contribution < -0.4 is 0 Å². The summed E-state index contributed by atoms with van der Waals surface area (Å²) in [6, 6.07) is 8.68. The molecule has 82 valence electrons. The van der Waals surface area contributed by atoms with Crippen LogP contribution in [0, 0.1) is 0 Å². The molecule has 0 aliphatic heterocycles. The number of carboxylic acids is 1. The van der Waals surface area contributed by atoms with Crippen molar-refractivity contribution in [3.8, 4) is 0 Å². The standard InChI is InChI=1S/C11H8ClNO3/c12-8-3-1-7(2-4-8)5-9-6-10(11(14)15)16-13-9/h1-4,6H,5H2,(H,14,15). The van der Waals surface area contributed by atoms with Crippen molar-refractivity contribution in [1.82, 2.24) is 5.16 Å². The average molecular weight is 238 g/mol. The molecule has 1 N–H and O–H groups in total. The summed E-state index contributed by atoms with van der Waals surface area (Å²) < 4.78 is 4.65. The molecule has 1 heterocycles. The second-order valence-electron chi connectivity index (χ2n) is 3.29. The van der Waals surface area contributed by atoms with Crippen molar-refractivity contribution in [3.05, 3.63) is 52.4 Å². The number of carbonyl (C=O) groups is 1. The fourth-order valence-electron chi connectivity index (χ4n) is 1.31. The van der Waals surface area contributed by atoms with Gasteiger partial charge in [0.25, 0.3) is 0 Å². The van der Waals surface area contributed by atoms with Crippen LogP contribution in [-0.2, 0) is 6.42 Å². The van der Waals surface area contributed by atoms with Crippen LogP contribution in [0.4, 0.5) is 0 Å². The number of carboxylic acid groups (broad SMARTS) is 1. The van der Waals surface area contributed by atoms with Crippen molar-refractivity contribution in [1.29, 1.82) is 0 Å². The Hall–Kier alpha value is -1.81. The molecule has 0 saturated carbocycles. The maximum Gasteiger partial charge on any atom is 0.374 e. The molecule has 0 bridgehead atoms. The summed E-state index contributed by atoms with van der Waals surface area (Å²) in [5.74, 6) is -1.26. The predicted molar refractivity (Wildman–Crippen MR) is 57.7 cm³/mol. The molecule has 16 heavy (non-hydrogen) atoms. The second-order valence-corrected chi connectivity index (χ2v) is 3.73. The summed E-state index contributed by atoms with van der Waals surface area (Å²) in [5.41, 5.74) is 1.58. The van der Waals surface area contributed by atoms with Gasteiger partial charge in [-0.15, -0.1) is 0 Å². The van der Waals surface area contributed by atoms with Crippen molar-refractivity contribution < 1.29 is 14.4 Å². The van der Waals surface area contributed by atoms with Gasteiger partial charge in [0.2, 0.25) is 5.76 Å². The normalized spacial score (nSPS) is 10.3. The van der Waals surface area contributed by atoms with Gasteiger partial charge in [-0.2, -0.15) is 0 Å². The summed E-state index contributed by atoms with van der Waals surface area (Å²) in [5, 5.41) is 13.0. The summed E-state index contributed by atoms with van der Waals surface area (Å²) in [7, 11) is 0. The smallest absolute Gasteiger partial charge is 0.374 e. The van der Waals surface area contributed by atoms with Crippen LogP contribution in [-0.4, -0.2) is 16.2 Å². The molecule has 0 fully saturated rings. The van der Waals surface area contributed by atoms with Crippen molar-refractivity contribution >= 4 is 17.6 Å². The Morgan fingerprint density at radius 1 is 1.38 bits per heavy atom. The molecule has 4 nitrogen and oxygen atoms in total. The zero-order valence-corrected chi connectivity index (χ0v) is 8.94. The summed E-state index contributed by atoms with van der Waals surface area (Å²) >= 11 is 5.75. The lowest BCUT2D eigenvalue weighted by atomic mass is 10.1. The van der Waals surface area contributed by atoms with Crippen molar-refractivity contribution in [2.45, 2.75) is 6.42 Å². The number of hydrogen-bond donors (Lipinski definition) is 1. The predicted octanol–water partition coefficient (Wildman–Crippen LogP) is 2.62. The van der Waals surface area contributed by atoms with E-state index in [9.17, 15) is 4.79 Å². The van der Waals surface area contributed by atoms with Gasteiger partial charge in [0.15, 0.2) is 0 Å². The molecule has 0 spiro atoms. The fourth-order valence-corrected chi connectivity index (χ4v) is 1.43. The van der Waals surface area contributed by atoms with E-state index in [4.69, 9.17) is 16.7 Å². The van der Waals surface area contributed by atoms with E-state index in [-0.39, 0.29) is 5.76 Å². The largest absolute Gasteiger partial charge is 0.475 e. The first-order chi connectivity index (χ1) is 7.65. The van der Waals surface area contributed by atoms with E-state index in [0.717, 1.165) is 5.56 Å². The quantitative estimate of drug-likeness (QED) is 0.891. The van der Waals surface area contributed by atoms with Crippen LogP contribution in [0.5, 0.6) is 0 Å². The molecule has 0 unspecified atom stereocenters. The lowest BCUT2D eigenvalue weighted by Gasteiger charge is -1.96. The van der Waals surface area contributed by atoms with Gasteiger partial charge in [0.05, 0.1) is 5.69 Å². The maximum absolute atomic E-state index is 10.6. The Labute approximate surface area is 96.4 Å². The summed E-state index contributed by atoms with van der Waals surface area (Å²) in [6.45, 7) is 0. The SMILES string of the molecule is O=C(O)c1cc(Cc2ccc(Cl)cc2)no1. The Morgan fingerprint density at radius 2 is 2.06 bits per heavy atom. The summed E-state index contributed by atoms with van der Waals surface area (Å²) in [6.07, 6.45) is 0.522. The molecule has 0 amide bonds. The zero-order valence-electron chi connectivity index (χ0n) is 8.18. The van der Waals surface area contributed by atoms with Gasteiger partial charge in [0.1, 0.15) is 0 Å². The summed E-state index contributed by atoms with van der Waals surface area (Å²) in [4.78, 5) is 10.6. The minimum atomic E-state index is -1.12. The van der Waals surface area contributed by atoms with E-state index in [0.29, 0.717) is 17.1 Å².